The number of hydrogen-bond acceptors (Lipinski definition) is 7. The lowest BCUT2D eigenvalue weighted by molar-refractivity contribution is -0.131. The molecule has 0 amide bonds. The summed E-state index contributed by atoms with van der Waals surface area (Å²) in [7, 11) is 1.30. The van der Waals surface area contributed by atoms with Gasteiger partial charge in [-0.25, -0.2) is 9.59 Å². The van der Waals surface area contributed by atoms with Crippen LogP contribution in [-0.2, 0) is 9.53 Å². The van der Waals surface area contributed by atoms with Crippen LogP contribution in [0.1, 0.15) is 25.6 Å². The zero-order valence-electron chi connectivity index (χ0n) is 13.6. The topological polar surface area (TPSA) is 99.1 Å². The summed E-state index contributed by atoms with van der Waals surface area (Å²) in [6, 6.07) is 8.07. The predicted molar refractivity (Wildman–Crippen MR) is 89.8 cm³/mol. The lowest BCUT2D eigenvalue weighted by Crippen LogP contribution is -2.12. The van der Waals surface area contributed by atoms with E-state index in [0.29, 0.717) is 16.4 Å². The Balaban J connectivity index is 1.93. The van der Waals surface area contributed by atoms with Crippen molar-refractivity contribution in [3.63, 3.8) is 0 Å². The number of benzene rings is 1. The maximum absolute atomic E-state index is 11.8. The van der Waals surface area contributed by atoms with Gasteiger partial charge in [0, 0.05) is 0 Å². The van der Waals surface area contributed by atoms with Crippen molar-refractivity contribution in [3.8, 4) is 10.8 Å². The first kappa shape index (κ1) is 18.5. The highest BCUT2D eigenvalue weighted by Crippen LogP contribution is 2.26. The first-order valence-electron chi connectivity index (χ1n) is 7.25. The van der Waals surface area contributed by atoms with E-state index in [-0.39, 0.29) is 18.1 Å². The molecule has 1 heterocycles. The van der Waals surface area contributed by atoms with Crippen LogP contribution in [0.15, 0.2) is 30.3 Å². The molecule has 1 aromatic carbocycles. The molecule has 0 fully saturated rings. The minimum atomic E-state index is -1.51. The summed E-state index contributed by atoms with van der Waals surface area (Å²) in [4.78, 5) is 33.8. The van der Waals surface area contributed by atoms with Gasteiger partial charge >= 0.3 is 11.9 Å². The van der Waals surface area contributed by atoms with Crippen molar-refractivity contribution in [2.75, 3.05) is 20.3 Å². The van der Waals surface area contributed by atoms with E-state index >= 15 is 0 Å². The summed E-state index contributed by atoms with van der Waals surface area (Å²) in [5.74, 6) is -2.55. The molecule has 1 aromatic heterocycles. The Bertz CT molecular complexity index is 794. The number of rotatable bonds is 8. The Morgan fingerprint density at radius 3 is 2.48 bits per heavy atom. The van der Waals surface area contributed by atoms with Crippen LogP contribution >= 0.6 is 11.3 Å². The van der Waals surface area contributed by atoms with E-state index in [2.05, 4.69) is 0 Å². The molecule has 2 aromatic rings. The number of para-hydroxylation sites is 1. The zero-order chi connectivity index (χ0) is 18.4. The van der Waals surface area contributed by atoms with Crippen LogP contribution in [-0.4, -0.2) is 43.2 Å². The Kier molecular flexibility index (Phi) is 6.13. The molecule has 0 aliphatic carbocycles. The lowest BCUT2D eigenvalue weighted by Gasteiger charge is -2.13. The van der Waals surface area contributed by atoms with E-state index in [1.807, 2.05) is 13.0 Å². The van der Waals surface area contributed by atoms with Crippen molar-refractivity contribution < 1.29 is 33.7 Å². The van der Waals surface area contributed by atoms with Gasteiger partial charge in [0.1, 0.15) is 24.5 Å². The molecule has 0 radical (unpaired) electrons. The molecule has 0 spiro atoms. The normalized spacial score (nSPS) is 10.2. The summed E-state index contributed by atoms with van der Waals surface area (Å²) < 4.78 is 15.8. The molecular weight excluding hydrogens is 348 g/mol. The fraction of sp³-hybridized carbons (Fsp3) is 0.235. The van der Waals surface area contributed by atoms with E-state index in [9.17, 15) is 14.4 Å². The molecule has 0 saturated carbocycles. The van der Waals surface area contributed by atoms with Crippen molar-refractivity contribution >= 4 is 29.1 Å². The van der Waals surface area contributed by atoms with E-state index in [4.69, 9.17) is 19.3 Å². The standard InChI is InChI=1S/C17H16O7S/c1-10-4-3-5-11(17(21)22-2)15(10)24-9-8-23-13-7-6-12(25-13)14(18)16(19)20/h3-7H,8-9H2,1-2H3,(H,19,20). The van der Waals surface area contributed by atoms with Gasteiger partial charge in [-0.15, -0.1) is 0 Å². The quantitative estimate of drug-likeness (QED) is 0.333. The van der Waals surface area contributed by atoms with Gasteiger partial charge in [0.2, 0.25) is 0 Å². The van der Waals surface area contributed by atoms with Gasteiger partial charge in [0.05, 0.1) is 12.0 Å². The van der Waals surface area contributed by atoms with Gasteiger partial charge in [-0.1, -0.05) is 23.5 Å². The summed E-state index contributed by atoms with van der Waals surface area (Å²) in [5.41, 5.74) is 1.11. The Hall–Kier alpha value is -2.87. The first-order valence-corrected chi connectivity index (χ1v) is 8.06. The second kappa shape index (κ2) is 8.29. The van der Waals surface area contributed by atoms with Gasteiger partial charge in [0.15, 0.2) is 5.06 Å². The molecule has 2 rings (SSSR count). The fourth-order valence-electron chi connectivity index (χ4n) is 2.03. The summed E-state index contributed by atoms with van der Waals surface area (Å²) in [6.07, 6.45) is 0. The molecule has 7 nitrogen and oxygen atoms in total. The van der Waals surface area contributed by atoms with Gasteiger partial charge in [0.25, 0.3) is 5.78 Å². The lowest BCUT2D eigenvalue weighted by atomic mass is 10.1. The number of Topliss-reactive ketones (excluding diaryl/α,β-unsaturated/α-hetero) is 1. The number of methoxy groups -OCH3 is 1. The Morgan fingerprint density at radius 2 is 1.80 bits per heavy atom. The maximum atomic E-state index is 11.8. The summed E-state index contributed by atoms with van der Waals surface area (Å²) in [6.45, 7) is 2.14. The smallest absolute Gasteiger partial charge is 0.378 e. The van der Waals surface area contributed by atoms with Crippen LogP contribution in [0.3, 0.4) is 0 Å². The highest BCUT2D eigenvalue weighted by molar-refractivity contribution is 7.16. The van der Waals surface area contributed by atoms with Crippen LogP contribution in [0.4, 0.5) is 0 Å². The second-order valence-corrected chi connectivity index (χ2v) is 5.94. The molecular formula is C17H16O7S. The predicted octanol–water partition coefficient (Wildman–Crippen LogP) is 2.57. The number of hydrogen-bond donors (Lipinski definition) is 1. The molecule has 0 atom stereocenters. The fourth-order valence-corrected chi connectivity index (χ4v) is 2.84. The number of carboxylic acid groups (broad SMARTS) is 1. The number of thiophene rings is 1. The van der Waals surface area contributed by atoms with Crippen molar-refractivity contribution in [2.45, 2.75) is 6.92 Å². The van der Waals surface area contributed by atoms with E-state index < -0.39 is 17.7 Å². The molecule has 8 heteroatoms. The van der Waals surface area contributed by atoms with Crippen LogP contribution in [0, 0.1) is 6.92 Å². The highest BCUT2D eigenvalue weighted by Gasteiger charge is 2.17. The highest BCUT2D eigenvalue weighted by atomic mass is 32.1. The number of aliphatic carboxylic acids is 1. The molecule has 0 aliphatic rings. The third kappa shape index (κ3) is 4.57. The number of ketones is 1. The molecule has 0 bridgehead atoms. The molecule has 0 saturated heterocycles. The van der Waals surface area contributed by atoms with E-state index in [0.717, 1.165) is 16.9 Å². The molecule has 0 unspecified atom stereocenters. The molecule has 1 N–H and O–H groups in total. The number of carboxylic acids is 1. The average molecular weight is 364 g/mol. The second-order valence-electron chi connectivity index (χ2n) is 4.89. The van der Waals surface area contributed by atoms with Gasteiger partial charge < -0.3 is 19.3 Å². The molecule has 0 aliphatic heterocycles. The third-order valence-corrected chi connectivity index (χ3v) is 4.19. The average Bonchev–Trinajstić information content (AvgIpc) is 3.06. The van der Waals surface area contributed by atoms with E-state index in [1.165, 1.54) is 19.2 Å². The van der Waals surface area contributed by atoms with E-state index in [1.54, 1.807) is 12.1 Å². The van der Waals surface area contributed by atoms with Crippen molar-refractivity contribution in [3.05, 3.63) is 46.3 Å². The number of ether oxygens (including phenoxy) is 3. The van der Waals surface area contributed by atoms with Gasteiger partial charge in [-0.05, 0) is 30.7 Å². The minimum Gasteiger partial charge on any atom is -0.489 e. The number of aryl methyl sites for hydroxylation is 1. The summed E-state index contributed by atoms with van der Waals surface area (Å²) in [5, 5.41) is 9.07. The van der Waals surface area contributed by atoms with Crippen LogP contribution in [0.25, 0.3) is 0 Å². The Labute approximate surface area is 147 Å². The third-order valence-electron chi connectivity index (χ3n) is 3.19. The van der Waals surface area contributed by atoms with Crippen LogP contribution in [0.5, 0.6) is 10.8 Å². The minimum absolute atomic E-state index is 0.0929. The van der Waals surface area contributed by atoms with Crippen LogP contribution in [0.2, 0.25) is 0 Å². The zero-order valence-corrected chi connectivity index (χ0v) is 14.4. The first-order chi connectivity index (χ1) is 11.9. The molecule has 25 heavy (non-hydrogen) atoms. The SMILES string of the molecule is COC(=O)c1cccc(C)c1OCCOc1ccc(C(=O)C(=O)O)s1. The van der Waals surface area contributed by atoms with Gasteiger partial charge in [-0.3, -0.25) is 4.79 Å². The Morgan fingerprint density at radius 1 is 1.08 bits per heavy atom. The number of carbonyl (C=O) groups excluding carboxylic acids is 2. The summed E-state index contributed by atoms with van der Waals surface area (Å²) >= 11 is 0.948. The van der Waals surface area contributed by atoms with Crippen molar-refractivity contribution in [1.29, 1.82) is 0 Å². The maximum Gasteiger partial charge on any atom is 0.378 e. The number of esters is 1. The van der Waals surface area contributed by atoms with Gasteiger partial charge in [-0.2, -0.15) is 0 Å². The van der Waals surface area contributed by atoms with Crippen molar-refractivity contribution in [1.82, 2.24) is 0 Å². The monoisotopic (exact) mass is 364 g/mol. The number of carbonyl (C=O) groups is 3. The largest absolute Gasteiger partial charge is 0.489 e. The van der Waals surface area contributed by atoms with Crippen molar-refractivity contribution in [2.24, 2.45) is 0 Å². The van der Waals surface area contributed by atoms with Crippen LogP contribution < -0.4 is 9.47 Å². The molecule has 132 valence electrons.